The van der Waals surface area contributed by atoms with Crippen LogP contribution in [0.5, 0.6) is 0 Å². The number of carbonyl (C=O) groups excluding carboxylic acids is 1. The van der Waals surface area contributed by atoms with E-state index in [0.29, 0.717) is 25.7 Å². The molecule has 2 saturated heterocycles. The Morgan fingerprint density at radius 1 is 1.03 bits per heavy atom. The Balaban J connectivity index is 1.34. The highest BCUT2D eigenvalue weighted by molar-refractivity contribution is 7.89. The second-order valence-electron chi connectivity index (χ2n) is 8.59. The molecular formula is C21H31FN3O3S+. The van der Waals surface area contributed by atoms with Crippen molar-refractivity contribution in [3.05, 3.63) is 30.1 Å². The molecule has 3 aliphatic rings. The lowest BCUT2D eigenvalue weighted by atomic mass is 9.78. The van der Waals surface area contributed by atoms with E-state index in [1.54, 1.807) is 4.90 Å². The SMILES string of the molecule is O=C(C[NH+]1CCC[C@H]2CCCC[C@@H]21)N1CCN(S(=O)(=O)c2ccccc2F)CC1. The van der Waals surface area contributed by atoms with E-state index in [9.17, 15) is 17.6 Å². The molecule has 1 saturated carbocycles. The Morgan fingerprint density at radius 2 is 1.72 bits per heavy atom. The minimum Gasteiger partial charge on any atom is -0.335 e. The molecule has 2 heterocycles. The van der Waals surface area contributed by atoms with Gasteiger partial charge in [0.2, 0.25) is 10.0 Å². The smallest absolute Gasteiger partial charge is 0.277 e. The molecule has 1 aliphatic carbocycles. The molecule has 2 aliphatic heterocycles. The van der Waals surface area contributed by atoms with Crippen LogP contribution in [0, 0.1) is 11.7 Å². The number of halogens is 1. The van der Waals surface area contributed by atoms with Crippen molar-refractivity contribution in [2.75, 3.05) is 39.3 Å². The molecule has 160 valence electrons. The fourth-order valence-electron chi connectivity index (χ4n) is 5.36. The molecule has 0 spiro atoms. The maximum atomic E-state index is 14.0. The van der Waals surface area contributed by atoms with Gasteiger partial charge in [-0.3, -0.25) is 4.79 Å². The molecule has 29 heavy (non-hydrogen) atoms. The molecule has 1 amide bonds. The number of quaternary nitrogens is 1. The van der Waals surface area contributed by atoms with E-state index in [1.165, 1.54) is 65.9 Å². The summed E-state index contributed by atoms with van der Waals surface area (Å²) in [6, 6.07) is 6.07. The number of hydrogen-bond acceptors (Lipinski definition) is 3. The molecule has 1 N–H and O–H groups in total. The van der Waals surface area contributed by atoms with Gasteiger partial charge in [0, 0.05) is 32.1 Å². The van der Waals surface area contributed by atoms with E-state index in [2.05, 4.69) is 0 Å². The Hall–Kier alpha value is -1.51. The first-order valence-corrected chi connectivity index (χ1v) is 12.3. The Labute approximate surface area is 172 Å². The number of fused-ring (bicyclic) bond motifs is 1. The van der Waals surface area contributed by atoms with Gasteiger partial charge in [-0.05, 0) is 44.2 Å². The second-order valence-corrected chi connectivity index (χ2v) is 10.5. The molecule has 3 fully saturated rings. The van der Waals surface area contributed by atoms with Gasteiger partial charge in [0.1, 0.15) is 10.7 Å². The number of piperazine rings is 1. The van der Waals surface area contributed by atoms with Gasteiger partial charge in [0.15, 0.2) is 6.54 Å². The first-order valence-electron chi connectivity index (χ1n) is 10.8. The lowest BCUT2D eigenvalue weighted by molar-refractivity contribution is -0.929. The van der Waals surface area contributed by atoms with Crippen molar-refractivity contribution in [2.24, 2.45) is 5.92 Å². The topological polar surface area (TPSA) is 62.1 Å². The number of likely N-dealkylation sites (tertiary alicyclic amines) is 1. The minimum atomic E-state index is -3.87. The molecule has 6 nitrogen and oxygen atoms in total. The van der Waals surface area contributed by atoms with Crippen LogP contribution in [0.15, 0.2) is 29.2 Å². The zero-order valence-corrected chi connectivity index (χ0v) is 17.7. The molecule has 0 radical (unpaired) electrons. The van der Waals surface area contributed by atoms with Crippen molar-refractivity contribution < 1.29 is 22.5 Å². The minimum absolute atomic E-state index is 0.120. The fraction of sp³-hybridized carbons (Fsp3) is 0.667. The molecule has 0 aromatic heterocycles. The second kappa shape index (κ2) is 8.70. The molecule has 1 aromatic carbocycles. The van der Waals surface area contributed by atoms with Gasteiger partial charge in [-0.2, -0.15) is 4.31 Å². The average molecular weight is 425 g/mol. The summed E-state index contributed by atoms with van der Waals surface area (Å²) in [6.07, 6.45) is 7.61. The van der Waals surface area contributed by atoms with Gasteiger partial charge < -0.3 is 9.80 Å². The first-order chi connectivity index (χ1) is 14.0. The summed E-state index contributed by atoms with van der Waals surface area (Å²) in [6.45, 7) is 2.74. The van der Waals surface area contributed by atoms with Crippen LogP contribution in [-0.4, -0.2) is 68.8 Å². The zero-order chi connectivity index (χ0) is 20.4. The van der Waals surface area contributed by atoms with Crippen LogP contribution in [0.2, 0.25) is 0 Å². The van der Waals surface area contributed by atoms with E-state index in [0.717, 1.165) is 18.5 Å². The van der Waals surface area contributed by atoms with Gasteiger partial charge in [-0.25, -0.2) is 12.8 Å². The molecule has 0 bridgehead atoms. The number of nitrogens with zero attached hydrogens (tertiary/aromatic N) is 2. The summed E-state index contributed by atoms with van der Waals surface area (Å²) in [5.74, 6) is 0.152. The van der Waals surface area contributed by atoms with Gasteiger partial charge in [-0.1, -0.05) is 18.6 Å². The number of amides is 1. The van der Waals surface area contributed by atoms with E-state index < -0.39 is 15.8 Å². The number of hydrogen-bond donors (Lipinski definition) is 1. The summed E-state index contributed by atoms with van der Waals surface area (Å²) < 4.78 is 40.7. The van der Waals surface area contributed by atoms with Crippen LogP contribution >= 0.6 is 0 Å². The summed E-state index contributed by atoms with van der Waals surface area (Å²) in [5.41, 5.74) is 0. The van der Waals surface area contributed by atoms with E-state index in [1.807, 2.05) is 0 Å². The van der Waals surface area contributed by atoms with Crippen LogP contribution in [0.4, 0.5) is 4.39 Å². The van der Waals surface area contributed by atoms with Crippen LogP contribution in [0.3, 0.4) is 0 Å². The normalized spacial score (nSPS) is 28.7. The van der Waals surface area contributed by atoms with Gasteiger partial charge in [0.05, 0.1) is 12.6 Å². The van der Waals surface area contributed by atoms with Crippen molar-refractivity contribution in [1.29, 1.82) is 0 Å². The highest BCUT2D eigenvalue weighted by Crippen LogP contribution is 2.28. The van der Waals surface area contributed by atoms with Crippen molar-refractivity contribution in [2.45, 2.75) is 49.5 Å². The maximum absolute atomic E-state index is 14.0. The summed E-state index contributed by atoms with van der Waals surface area (Å²) in [5, 5.41) is 0. The molecule has 4 rings (SSSR count). The number of nitrogens with one attached hydrogen (secondary N) is 1. The van der Waals surface area contributed by atoms with Gasteiger partial charge >= 0.3 is 0 Å². The number of sulfonamides is 1. The Bertz CT molecular complexity index is 837. The number of benzene rings is 1. The maximum Gasteiger partial charge on any atom is 0.277 e. The van der Waals surface area contributed by atoms with Crippen LogP contribution in [0.1, 0.15) is 38.5 Å². The predicted molar refractivity (Wildman–Crippen MR) is 107 cm³/mol. The third-order valence-electron chi connectivity index (χ3n) is 6.93. The molecule has 3 atom stereocenters. The van der Waals surface area contributed by atoms with E-state index >= 15 is 0 Å². The third kappa shape index (κ3) is 4.34. The lowest BCUT2D eigenvalue weighted by Gasteiger charge is -2.42. The molecule has 1 unspecified atom stereocenters. The Kier molecular flexibility index (Phi) is 6.22. The summed E-state index contributed by atoms with van der Waals surface area (Å²) >= 11 is 0. The van der Waals surface area contributed by atoms with Crippen LogP contribution in [-0.2, 0) is 14.8 Å². The largest absolute Gasteiger partial charge is 0.335 e. The van der Waals surface area contributed by atoms with Crippen molar-refractivity contribution in [1.82, 2.24) is 9.21 Å². The molecular weight excluding hydrogens is 393 g/mol. The monoisotopic (exact) mass is 424 g/mol. The Morgan fingerprint density at radius 3 is 2.48 bits per heavy atom. The first kappa shape index (κ1) is 20.8. The highest BCUT2D eigenvalue weighted by atomic mass is 32.2. The lowest BCUT2D eigenvalue weighted by Crippen LogP contribution is -3.18. The molecule has 8 heteroatoms. The van der Waals surface area contributed by atoms with Crippen LogP contribution in [0.25, 0.3) is 0 Å². The highest BCUT2D eigenvalue weighted by Gasteiger charge is 2.39. The van der Waals surface area contributed by atoms with Gasteiger partial charge in [-0.15, -0.1) is 0 Å². The van der Waals surface area contributed by atoms with E-state index in [4.69, 9.17) is 0 Å². The van der Waals surface area contributed by atoms with E-state index in [-0.39, 0.29) is 23.9 Å². The summed E-state index contributed by atoms with van der Waals surface area (Å²) in [7, 11) is -3.87. The number of rotatable bonds is 4. The van der Waals surface area contributed by atoms with Crippen molar-refractivity contribution >= 4 is 15.9 Å². The average Bonchev–Trinajstić information content (AvgIpc) is 2.74. The van der Waals surface area contributed by atoms with Crippen LogP contribution < -0.4 is 4.90 Å². The van der Waals surface area contributed by atoms with Crippen molar-refractivity contribution in [3.63, 3.8) is 0 Å². The quantitative estimate of drug-likeness (QED) is 0.781. The predicted octanol–water partition coefficient (Wildman–Crippen LogP) is 0.896. The molecule has 1 aromatic rings. The van der Waals surface area contributed by atoms with Gasteiger partial charge in [0.25, 0.3) is 5.91 Å². The standard InChI is InChI=1S/C21H30FN3O3S/c22-18-8-2-4-10-20(18)29(27,28)25-14-12-23(13-15-25)21(26)16-24-11-5-7-17-6-1-3-9-19(17)24/h2,4,8,10,17,19H,1,3,5-7,9,11-16H2/p+1/t17-,19+/m1/s1. The van der Waals surface area contributed by atoms with Crippen molar-refractivity contribution in [3.8, 4) is 0 Å². The number of carbonyl (C=O) groups is 1. The fourth-order valence-corrected chi connectivity index (χ4v) is 6.85. The summed E-state index contributed by atoms with van der Waals surface area (Å²) in [4.78, 5) is 15.8. The zero-order valence-electron chi connectivity index (χ0n) is 16.9. The third-order valence-corrected chi connectivity index (χ3v) is 8.86. The number of piperidine rings is 1.